The van der Waals surface area contributed by atoms with E-state index in [1.165, 1.54) is 22.4 Å². The third kappa shape index (κ3) is 2.72. The first kappa shape index (κ1) is 17.0. The van der Waals surface area contributed by atoms with E-state index < -0.39 is 0 Å². The Balaban J connectivity index is 1.24. The van der Waals surface area contributed by atoms with Crippen LogP contribution in [0, 0.1) is 5.92 Å². The summed E-state index contributed by atoms with van der Waals surface area (Å²) in [5, 5.41) is 8.00. The minimum absolute atomic E-state index is 0.0580. The predicted octanol–water partition coefficient (Wildman–Crippen LogP) is 1.40. The van der Waals surface area contributed by atoms with Crippen LogP contribution in [-0.2, 0) is 30.7 Å². The van der Waals surface area contributed by atoms with Crippen molar-refractivity contribution in [1.29, 1.82) is 0 Å². The second-order valence-electron chi connectivity index (χ2n) is 8.28. The number of anilines is 1. The highest BCUT2D eigenvalue weighted by molar-refractivity contribution is 5.83. The van der Waals surface area contributed by atoms with Crippen LogP contribution < -0.4 is 10.2 Å². The molecule has 1 N–H and O–H groups in total. The number of hydrogen-bond donors (Lipinski definition) is 1. The van der Waals surface area contributed by atoms with E-state index in [2.05, 4.69) is 39.6 Å². The molecule has 148 valence electrons. The zero-order chi connectivity index (χ0) is 19.4. The third-order valence-electron chi connectivity index (χ3n) is 6.46. The maximum absolute atomic E-state index is 13.1. The third-order valence-corrected chi connectivity index (χ3v) is 6.46. The summed E-state index contributed by atoms with van der Waals surface area (Å²) in [7, 11) is 0. The molecule has 0 atom stereocenters. The van der Waals surface area contributed by atoms with Crippen molar-refractivity contribution in [2.45, 2.75) is 25.9 Å². The topological polar surface area (TPSA) is 65.8 Å². The van der Waals surface area contributed by atoms with Crippen molar-refractivity contribution < 1.29 is 4.79 Å². The van der Waals surface area contributed by atoms with Gasteiger partial charge >= 0.3 is 0 Å². The van der Waals surface area contributed by atoms with Crippen molar-refractivity contribution in [3.63, 3.8) is 0 Å². The zero-order valence-corrected chi connectivity index (χ0v) is 16.3. The van der Waals surface area contributed by atoms with Crippen LogP contribution in [0.2, 0.25) is 0 Å². The molecule has 0 spiro atoms. The summed E-state index contributed by atoms with van der Waals surface area (Å²) in [6.07, 6.45) is 3.70. The first-order chi connectivity index (χ1) is 14.3. The molecular weight excluding hydrogens is 364 g/mol. The molecule has 2 aromatic heterocycles. The van der Waals surface area contributed by atoms with Crippen molar-refractivity contribution in [1.82, 2.24) is 24.8 Å². The van der Waals surface area contributed by atoms with E-state index >= 15 is 0 Å². The lowest BCUT2D eigenvalue weighted by molar-refractivity contribution is -0.137. The lowest BCUT2D eigenvalue weighted by Gasteiger charge is -2.42. The lowest BCUT2D eigenvalue weighted by atomic mass is 9.96. The minimum atomic E-state index is 0.0580. The molecule has 0 aliphatic carbocycles. The van der Waals surface area contributed by atoms with Gasteiger partial charge in [0.15, 0.2) is 5.65 Å². The van der Waals surface area contributed by atoms with Gasteiger partial charge in [-0.1, -0.05) is 24.3 Å². The van der Waals surface area contributed by atoms with Gasteiger partial charge in [0.05, 0.1) is 17.8 Å². The van der Waals surface area contributed by atoms with E-state index in [1.807, 2.05) is 21.7 Å². The first-order valence-electron chi connectivity index (χ1n) is 10.4. The van der Waals surface area contributed by atoms with Crippen LogP contribution in [0.25, 0.3) is 5.65 Å². The van der Waals surface area contributed by atoms with E-state index in [0.29, 0.717) is 0 Å². The molecule has 3 aliphatic rings. The molecule has 1 aromatic carbocycles. The second kappa shape index (κ2) is 6.56. The van der Waals surface area contributed by atoms with E-state index in [9.17, 15) is 4.79 Å². The SMILES string of the molecule is O=C(C1CN(c2c3c(nc4ccnn24)CCNCC3)C1)N1Cc2ccccc2C1. The normalized spacial score (nSPS) is 19.0. The van der Waals surface area contributed by atoms with Crippen LogP contribution in [-0.4, -0.2) is 51.6 Å². The maximum atomic E-state index is 13.1. The number of rotatable bonds is 2. The fourth-order valence-electron chi connectivity index (χ4n) is 4.89. The number of carbonyl (C=O) groups is 1. The molecule has 7 nitrogen and oxygen atoms in total. The molecule has 3 aromatic rings. The molecule has 0 saturated carbocycles. The quantitative estimate of drug-likeness (QED) is 0.719. The van der Waals surface area contributed by atoms with Gasteiger partial charge in [-0.3, -0.25) is 4.79 Å². The summed E-state index contributed by atoms with van der Waals surface area (Å²) < 4.78 is 1.95. The number of amides is 1. The van der Waals surface area contributed by atoms with Gasteiger partial charge in [-0.15, -0.1) is 0 Å². The molecule has 0 bridgehead atoms. The first-order valence-corrected chi connectivity index (χ1v) is 10.4. The summed E-state index contributed by atoms with van der Waals surface area (Å²) in [6.45, 7) is 4.91. The van der Waals surface area contributed by atoms with Crippen LogP contribution in [0.4, 0.5) is 5.82 Å². The Morgan fingerprint density at radius 3 is 2.59 bits per heavy atom. The Kier molecular flexibility index (Phi) is 3.84. The van der Waals surface area contributed by atoms with Crippen LogP contribution in [0.3, 0.4) is 0 Å². The van der Waals surface area contributed by atoms with Crippen molar-refractivity contribution in [2.24, 2.45) is 5.92 Å². The standard InChI is InChI=1S/C22H24N6O/c29-22(27-11-15-3-1-2-4-16(15)12-27)17-13-26(14-17)21-18-5-8-23-9-6-19(18)25-20-7-10-24-28(20)21/h1-4,7,10,17,23H,5-6,8-9,11-14H2. The number of fused-ring (bicyclic) bond motifs is 3. The predicted molar refractivity (Wildman–Crippen MR) is 110 cm³/mol. The molecule has 0 unspecified atom stereocenters. The molecule has 1 amide bonds. The smallest absolute Gasteiger partial charge is 0.229 e. The van der Waals surface area contributed by atoms with Crippen molar-refractivity contribution in [3.05, 3.63) is 58.9 Å². The van der Waals surface area contributed by atoms with Crippen LogP contribution >= 0.6 is 0 Å². The van der Waals surface area contributed by atoms with Gasteiger partial charge in [0.25, 0.3) is 0 Å². The van der Waals surface area contributed by atoms with Crippen molar-refractivity contribution >= 4 is 17.4 Å². The average molecular weight is 388 g/mol. The highest BCUT2D eigenvalue weighted by Gasteiger charge is 2.39. The summed E-state index contributed by atoms with van der Waals surface area (Å²) in [6, 6.07) is 10.3. The average Bonchev–Trinajstić information content (AvgIpc) is 3.27. The molecule has 3 aliphatic heterocycles. The van der Waals surface area contributed by atoms with Crippen molar-refractivity contribution in [3.8, 4) is 0 Å². The Labute approximate surface area is 169 Å². The van der Waals surface area contributed by atoms with Gasteiger partial charge < -0.3 is 15.1 Å². The van der Waals surface area contributed by atoms with Gasteiger partial charge in [0.1, 0.15) is 5.82 Å². The molecule has 0 radical (unpaired) electrons. The molecule has 1 saturated heterocycles. The zero-order valence-electron chi connectivity index (χ0n) is 16.3. The summed E-state index contributed by atoms with van der Waals surface area (Å²) in [5.74, 6) is 1.46. The molecule has 5 heterocycles. The number of aromatic nitrogens is 3. The Bertz CT molecular complexity index is 1070. The van der Waals surface area contributed by atoms with E-state index in [4.69, 9.17) is 4.98 Å². The summed E-state index contributed by atoms with van der Waals surface area (Å²) >= 11 is 0. The monoisotopic (exact) mass is 388 g/mol. The maximum Gasteiger partial charge on any atom is 0.229 e. The summed E-state index contributed by atoms with van der Waals surface area (Å²) in [5.41, 5.74) is 5.91. The van der Waals surface area contributed by atoms with Crippen LogP contribution in [0.15, 0.2) is 36.5 Å². The Morgan fingerprint density at radius 2 is 1.79 bits per heavy atom. The van der Waals surface area contributed by atoms with Gasteiger partial charge in [-0.2, -0.15) is 9.61 Å². The fraction of sp³-hybridized carbons (Fsp3) is 0.409. The number of carbonyl (C=O) groups excluding carboxylic acids is 1. The van der Waals surface area contributed by atoms with Gasteiger partial charge in [0.2, 0.25) is 5.91 Å². The van der Waals surface area contributed by atoms with Crippen LogP contribution in [0.5, 0.6) is 0 Å². The highest BCUT2D eigenvalue weighted by atomic mass is 16.2. The van der Waals surface area contributed by atoms with E-state index in [0.717, 1.165) is 63.6 Å². The van der Waals surface area contributed by atoms with Gasteiger partial charge in [-0.25, -0.2) is 4.98 Å². The molecule has 6 rings (SSSR count). The lowest BCUT2D eigenvalue weighted by Crippen LogP contribution is -2.54. The minimum Gasteiger partial charge on any atom is -0.354 e. The molecular formula is C22H24N6O. The Hall–Kier alpha value is -2.93. The van der Waals surface area contributed by atoms with Gasteiger partial charge in [0, 0.05) is 50.8 Å². The fourth-order valence-corrected chi connectivity index (χ4v) is 4.89. The molecule has 1 fully saturated rings. The van der Waals surface area contributed by atoms with E-state index in [-0.39, 0.29) is 11.8 Å². The van der Waals surface area contributed by atoms with Gasteiger partial charge in [-0.05, 0) is 24.1 Å². The number of hydrogen-bond acceptors (Lipinski definition) is 5. The summed E-state index contributed by atoms with van der Waals surface area (Å²) in [4.78, 5) is 22.2. The molecule has 7 heteroatoms. The van der Waals surface area contributed by atoms with E-state index in [1.54, 1.807) is 0 Å². The van der Waals surface area contributed by atoms with Crippen molar-refractivity contribution in [2.75, 3.05) is 31.1 Å². The number of nitrogens with zero attached hydrogens (tertiary/aromatic N) is 5. The molecule has 29 heavy (non-hydrogen) atoms. The number of nitrogens with one attached hydrogen (secondary N) is 1. The highest BCUT2D eigenvalue weighted by Crippen LogP contribution is 2.33. The Morgan fingerprint density at radius 1 is 1.03 bits per heavy atom. The second-order valence-corrected chi connectivity index (χ2v) is 8.28. The van der Waals surface area contributed by atoms with Crippen LogP contribution in [0.1, 0.15) is 22.4 Å². The number of benzene rings is 1. The largest absolute Gasteiger partial charge is 0.354 e.